The summed E-state index contributed by atoms with van der Waals surface area (Å²) >= 11 is 5.89. The second kappa shape index (κ2) is 6.29. The third-order valence-electron chi connectivity index (χ3n) is 3.65. The second-order valence-electron chi connectivity index (χ2n) is 5.30. The zero-order valence-electron chi connectivity index (χ0n) is 11.6. The molecule has 3 rings (SSSR count). The van der Waals surface area contributed by atoms with Crippen molar-refractivity contribution in [1.29, 1.82) is 0 Å². The van der Waals surface area contributed by atoms with E-state index in [9.17, 15) is 4.79 Å². The van der Waals surface area contributed by atoms with Crippen molar-refractivity contribution in [3.05, 3.63) is 65.2 Å². The van der Waals surface area contributed by atoms with Crippen molar-refractivity contribution < 1.29 is 4.79 Å². The van der Waals surface area contributed by atoms with E-state index in [2.05, 4.69) is 34.9 Å². The summed E-state index contributed by atoms with van der Waals surface area (Å²) in [5.41, 5.74) is 2.06. The first-order valence-corrected chi connectivity index (χ1v) is 7.44. The molecule has 2 N–H and O–H groups in total. The van der Waals surface area contributed by atoms with Crippen LogP contribution in [-0.4, -0.2) is 18.5 Å². The lowest BCUT2D eigenvalue weighted by Gasteiger charge is -2.07. The van der Waals surface area contributed by atoms with E-state index < -0.39 is 0 Å². The molecule has 0 spiro atoms. The van der Waals surface area contributed by atoms with Gasteiger partial charge in [0.15, 0.2) is 0 Å². The van der Waals surface area contributed by atoms with Crippen molar-refractivity contribution in [1.82, 2.24) is 5.32 Å². The highest BCUT2D eigenvalue weighted by Crippen LogP contribution is 2.40. The van der Waals surface area contributed by atoms with E-state index in [0.717, 1.165) is 12.1 Å². The highest BCUT2D eigenvalue weighted by atomic mass is 35.5. The molecule has 1 saturated carbocycles. The Labute approximate surface area is 129 Å². The number of carbonyl (C=O) groups excluding carboxylic acids is 1. The van der Waals surface area contributed by atoms with E-state index >= 15 is 0 Å². The quantitative estimate of drug-likeness (QED) is 0.888. The summed E-state index contributed by atoms with van der Waals surface area (Å²) in [5, 5.41) is 6.75. The number of hydrogen-bond acceptors (Lipinski definition) is 2. The Balaban J connectivity index is 1.45. The van der Waals surface area contributed by atoms with Crippen LogP contribution in [0.5, 0.6) is 0 Å². The number of carbonyl (C=O) groups is 1. The van der Waals surface area contributed by atoms with Crippen LogP contribution in [-0.2, 0) is 4.79 Å². The molecule has 108 valence electrons. The Hall–Kier alpha value is -1.84. The van der Waals surface area contributed by atoms with Crippen molar-refractivity contribution in [3.8, 4) is 0 Å². The standard InChI is InChI=1S/C17H17ClN2O/c18-13-7-4-8-14(9-13)20-17(21)11-19-16-10-15(16)12-5-2-1-3-6-12/h1-9,15-16,19H,10-11H2,(H,20,21). The SMILES string of the molecule is O=C(CNC1CC1c1ccccc1)Nc1cccc(Cl)c1. The Morgan fingerprint density at radius 1 is 1.14 bits per heavy atom. The normalized spacial score (nSPS) is 20.0. The minimum atomic E-state index is -0.0454. The van der Waals surface area contributed by atoms with Crippen LogP contribution < -0.4 is 10.6 Å². The highest BCUT2D eigenvalue weighted by Gasteiger charge is 2.37. The van der Waals surface area contributed by atoms with Crippen molar-refractivity contribution in [3.63, 3.8) is 0 Å². The smallest absolute Gasteiger partial charge is 0.238 e. The number of amides is 1. The molecule has 2 atom stereocenters. The lowest BCUT2D eigenvalue weighted by molar-refractivity contribution is -0.115. The van der Waals surface area contributed by atoms with E-state index in [1.54, 1.807) is 12.1 Å². The summed E-state index contributed by atoms with van der Waals surface area (Å²) in [6.07, 6.45) is 1.09. The van der Waals surface area contributed by atoms with E-state index in [1.807, 2.05) is 18.2 Å². The molecule has 0 radical (unpaired) electrons. The lowest BCUT2D eigenvalue weighted by Crippen LogP contribution is -2.30. The zero-order chi connectivity index (χ0) is 14.7. The molecule has 4 heteroatoms. The van der Waals surface area contributed by atoms with Gasteiger partial charge in [0.05, 0.1) is 6.54 Å². The van der Waals surface area contributed by atoms with Crippen LogP contribution in [0, 0.1) is 0 Å². The van der Waals surface area contributed by atoms with Crippen LogP contribution in [0.4, 0.5) is 5.69 Å². The average molecular weight is 301 g/mol. The molecular formula is C17H17ClN2O. The molecule has 1 aliphatic carbocycles. The fraction of sp³-hybridized carbons (Fsp3) is 0.235. The number of rotatable bonds is 5. The first kappa shape index (κ1) is 14.1. The van der Waals surface area contributed by atoms with Crippen molar-refractivity contribution >= 4 is 23.2 Å². The summed E-state index contributed by atoms with van der Waals surface area (Å²) in [6, 6.07) is 18.0. The van der Waals surface area contributed by atoms with Crippen LogP contribution in [0.25, 0.3) is 0 Å². The van der Waals surface area contributed by atoms with Crippen molar-refractivity contribution in [2.45, 2.75) is 18.4 Å². The average Bonchev–Trinajstić information content (AvgIpc) is 3.26. The van der Waals surface area contributed by atoms with Gasteiger partial charge in [0, 0.05) is 22.7 Å². The Kier molecular flexibility index (Phi) is 4.23. The first-order chi connectivity index (χ1) is 10.2. The highest BCUT2D eigenvalue weighted by molar-refractivity contribution is 6.30. The fourth-order valence-electron chi connectivity index (χ4n) is 2.48. The summed E-state index contributed by atoms with van der Waals surface area (Å²) in [6.45, 7) is 0.320. The monoisotopic (exact) mass is 300 g/mol. The van der Waals surface area contributed by atoms with Gasteiger partial charge in [0.2, 0.25) is 5.91 Å². The van der Waals surface area contributed by atoms with Crippen LogP contribution in [0.1, 0.15) is 17.9 Å². The van der Waals surface area contributed by atoms with Gasteiger partial charge in [-0.1, -0.05) is 48.0 Å². The molecule has 1 fully saturated rings. The van der Waals surface area contributed by atoms with Crippen LogP contribution in [0.2, 0.25) is 5.02 Å². The molecule has 0 bridgehead atoms. The molecule has 0 aliphatic heterocycles. The molecular weight excluding hydrogens is 284 g/mol. The number of anilines is 1. The Morgan fingerprint density at radius 2 is 1.95 bits per heavy atom. The molecule has 0 heterocycles. The van der Waals surface area contributed by atoms with E-state index in [1.165, 1.54) is 5.56 Å². The summed E-state index contributed by atoms with van der Waals surface area (Å²) in [4.78, 5) is 11.9. The topological polar surface area (TPSA) is 41.1 Å². The van der Waals surface area contributed by atoms with Crippen LogP contribution >= 0.6 is 11.6 Å². The number of benzene rings is 2. The fourth-order valence-corrected chi connectivity index (χ4v) is 2.67. The summed E-state index contributed by atoms with van der Waals surface area (Å²) in [7, 11) is 0. The minimum absolute atomic E-state index is 0.0454. The van der Waals surface area contributed by atoms with Gasteiger partial charge in [0.25, 0.3) is 0 Å². The largest absolute Gasteiger partial charge is 0.325 e. The number of halogens is 1. The van der Waals surface area contributed by atoms with Gasteiger partial charge in [-0.15, -0.1) is 0 Å². The molecule has 2 aromatic carbocycles. The molecule has 1 aliphatic rings. The summed E-state index contributed by atoms with van der Waals surface area (Å²) in [5.74, 6) is 0.487. The van der Waals surface area contributed by atoms with Gasteiger partial charge >= 0.3 is 0 Å². The van der Waals surface area contributed by atoms with Gasteiger partial charge in [-0.25, -0.2) is 0 Å². The molecule has 0 saturated heterocycles. The van der Waals surface area contributed by atoms with E-state index in [-0.39, 0.29) is 5.91 Å². The maximum atomic E-state index is 11.9. The Morgan fingerprint density at radius 3 is 2.71 bits per heavy atom. The second-order valence-corrected chi connectivity index (χ2v) is 5.74. The molecule has 3 nitrogen and oxygen atoms in total. The maximum absolute atomic E-state index is 11.9. The molecule has 0 aromatic heterocycles. The molecule has 2 unspecified atom stereocenters. The maximum Gasteiger partial charge on any atom is 0.238 e. The number of nitrogens with one attached hydrogen (secondary N) is 2. The Bertz CT molecular complexity index is 630. The minimum Gasteiger partial charge on any atom is -0.325 e. The van der Waals surface area contributed by atoms with Gasteiger partial charge in [-0.05, 0) is 30.2 Å². The van der Waals surface area contributed by atoms with Crippen LogP contribution in [0.15, 0.2) is 54.6 Å². The van der Waals surface area contributed by atoms with Crippen molar-refractivity contribution in [2.24, 2.45) is 0 Å². The van der Waals surface area contributed by atoms with Gasteiger partial charge in [-0.3, -0.25) is 4.79 Å². The van der Waals surface area contributed by atoms with E-state index in [0.29, 0.717) is 23.5 Å². The number of hydrogen-bond donors (Lipinski definition) is 2. The van der Waals surface area contributed by atoms with Crippen LogP contribution in [0.3, 0.4) is 0 Å². The van der Waals surface area contributed by atoms with E-state index in [4.69, 9.17) is 11.6 Å². The first-order valence-electron chi connectivity index (χ1n) is 7.06. The molecule has 21 heavy (non-hydrogen) atoms. The van der Waals surface area contributed by atoms with Gasteiger partial charge in [-0.2, -0.15) is 0 Å². The van der Waals surface area contributed by atoms with Gasteiger partial charge < -0.3 is 10.6 Å². The van der Waals surface area contributed by atoms with Gasteiger partial charge in [0.1, 0.15) is 0 Å². The third-order valence-corrected chi connectivity index (χ3v) is 3.89. The molecule has 2 aromatic rings. The predicted octanol–water partition coefficient (Wildman–Crippen LogP) is 3.42. The molecule has 1 amide bonds. The predicted molar refractivity (Wildman–Crippen MR) is 85.7 cm³/mol. The third kappa shape index (κ3) is 3.84. The zero-order valence-corrected chi connectivity index (χ0v) is 12.3. The summed E-state index contributed by atoms with van der Waals surface area (Å²) < 4.78 is 0. The van der Waals surface area contributed by atoms with Crippen molar-refractivity contribution in [2.75, 3.05) is 11.9 Å². The lowest BCUT2D eigenvalue weighted by atomic mass is 10.1.